The van der Waals surface area contributed by atoms with Crippen LogP contribution in [0.5, 0.6) is 0 Å². The predicted octanol–water partition coefficient (Wildman–Crippen LogP) is -0.228. The summed E-state index contributed by atoms with van der Waals surface area (Å²) in [5, 5.41) is 17.1. The van der Waals surface area contributed by atoms with Crippen LogP contribution in [0.3, 0.4) is 0 Å². The molecular weight excluding hydrogens is 324 g/mol. The first-order valence-electron chi connectivity index (χ1n) is 7.93. The van der Waals surface area contributed by atoms with E-state index in [1.54, 1.807) is 0 Å². The van der Waals surface area contributed by atoms with E-state index in [9.17, 15) is 0 Å². The largest absolute Gasteiger partial charge is 0.394 e. The van der Waals surface area contributed by atoms with Crippen LogP contribution in [0.2, 0.25) is 13.1 Å². The van der Waals surface area contributed by atoms with Gasteiger partial charge in [0.1, 0.15) is 0 Å². The van der Waals surface area contributed by atoms with Crippen LogP contribution in [0.15, 0.2) is 0 Å². The fraction of sp³-hybridized carbons (Fsp3) is 1.00. The van der Waals surface area contributed by atoms with Gasteiger partial charge in [-0.05, 0) is 13.1 Å². The second kappa shape index (κ2) is 16.7. The topological polar surface area (TPSA) is 95.8 Å². The molecule has 2 N–H and O–H groups in total. The highest BCUT2D eigenvalue weighted by molar-refractivity contribution is 6.64. The first kappa shape index (κ1) is 22.9. The minimum Gasteiger partial charge on any atom is -0.394 e. The molecule has 8 nitrogen and oxygen atoms in total. The molecule has 0 bridgehead atoms. The molecule has 140 valence electrons. The summed E-state index contributed by atoms with van der Waals surface area (Å²) in [5.41, 5.74) is 0. The van der Waals surface area contributed by atoms with Crippen LogP contribution >= 0.6 is 0 Å². The normalized spacial score (nSPS) is 12.0. The SMILES string of the molecule is C[Si](C)(OCCOCCOCCO)OCCOCCOCCO. The minimum absolute atomic E-state index is 0.0274. The van der Waals surface area contributed by atoms with Crippen LogP contribution in [0.4, 0.5) is 0 Å². The fourth-order valence-electron chi connectivity index (χ4n) is 1.51. The van der Waals surface area contributed by atoms with Crippen molar-refractivity contribution in [1.29, 1.82) is 0 Å². The Kier molecular flexibility index (Phi) is 16.7. The predicted molar refractivity (Wildman–Crippen MR) is 86.8 cm³/mol. The third kappa shape index (κ3) is 18.1. The van der Waals surface area contributed by atoms with Crippen LogP contribution in [0.1, 0.15) is 0 Å². The molecule has 0 amide bonds. The quantitative estimate of drug-likeness (QED) is 0.257. The molecular formula is C14H32O8Si. The first-order chi connectivity index (χ1) is 11.1. The summed E-state index contributed by atoms with van der Waals surface area (Å²) in [6.45, 7) is 8.52. The Hall–Kier alpha value is -0.103. The lowest BCUT2D eigenvalue weighted by atomic mass is 10.7. The molecule has 0 aromatic carbocycles. The highest BCUT2D eigenvalue weighted by Crippen LogP contribution is 2.05. The lowest BCUT2D eigenvalue weighted by molar-refractivity contribution is 0.0127. The summed E-state index contributed by atoms with van der Waals surface area (Å²) in [7, 11) is -2.15. The van der Waals surface area contributed by atoms with Crippen LogP contribution in [-0.2, 0) is 27.8 Å². The van der Waals surface area contributed by atoms with Gasteiger partial charge in [-0.25, -0.2) is 0 Å². The van der Waals surface area contributed by atoms with E-state index in [1.807, 2.05) is 13.1 Å². The van der Waals surface area contributed by atoms with E-state index in [-0.39, 0.29) is 13.2 Å². The van der Waals surface area contributed by atoms with E-state index in [0.717, 1.165) is 0 Å². The highest BCUT2D eigenvalue weighted by atomic mass is 28.4. The molecule has 0 aliphatic heterocycles. The number of hydrogen-bond acceptors (Lipinski definition) is 8. The zero-order valence-corrected chi connectivity index (χ0v) is 15.3. The van der Waals surface area contributed by atoms with Crippen molar-refractivity contribution >= 4 is 8.56 Å². The summed E-state index contributed by atoms with van der Waals surface area (Å²) >= 11 is 0. The molecule has 0 aromatic rings. The zero-order valence-electron chi connectivity index (χ0n) is 14.3. The molecule has 0 spiro atoms. The van der Waals surface area contributed by atoms with E-state index in [2.05, 4.69) is 0 Å². The average Bonchev–Trinajstić information content (AvgIpc) is 2.52. The molecule has 0 aliphatic carbocycles. The van der Waals surface area contributed by atoms with Crippen molar-refractivity contribution in [1.82, 2.24) is 0 Å². The van der Waals surface area contributed by atoms with E-state index < -0.39 is 8.56 Å². The van der Waals surface area contributed by atoms with Gasteiger partial charge >= 0.3 is 8.56 Å². The molecule has 0 fully saturated rings. The van der Waals surface area contributed by atoms with Gasteiger partial charge in [-0.15, -0.1) is 0 Å². The Morgan fingerprint density at radius 2 is 0.826 bits per heavy atom. The Morgan fingerprint density at radius 3 is 1.17 bits per heavy atom. The van der Waals surface area contributed by atoms with Crippen molar-refractivity contribution in [3.8, 4) is 0 Å². The summed E-state index contributed by atoms with van der Waals surface area (Å²) in [6.07, 6.45) is 0. The van der Waals surface area contributed by atoms with Crippen molar-refractivity contribution in [2.24, 2.45) is 0 Å². The van der Waals surface area contributed by atoms with E-state index in [4.69, 9.17) is 38.0 Å². The molecule has 0 aromatic heterocycles. The lowest BCUT2D eigenvalue weighted by Crippen LogP contribution is -2.37. The van der Waals surface area contributed by atoms with Gasteiger partial charge in [0.25, 0.3) is 0 Å². The van der Waals surface area contributed by atoms with Crippen LogP contribution in [-0.4, -0.2) is 98.1 Å². The number of rotatable bonds is 18. The number of hydrogen-bond donors (Lipinski definition) is 2. The lowest BCUT2D eigenvalue weighted by Gasteiger charge is -2.22. The molecule has 0 atom stereocenters. The van der Waals surface area contributed by atoms with Gasteiger partial charge in [0, 0.05) is 0 Å². The van der Waals surface area contributed by atoms with Crippen molar-refractivity contribution in [3.63, 3.8) is 0 Å². The van der Waals surface area contributed by atoms with E-state index in [1.165, 1.54) is 0 Å². The molecule has 23 heavy (non-hydrogen) atoms. The van der Waals surface area contributed by atoms with Crippen molar-refractivity contribution < 1.29 is 38.0 Å². The molecule has 0 aliphatic rings. The van der Waals surface area contributed by atoms with Crippen LogP contribution in [0, 0.1) is 0 Å². The van der Waals surface area contributed by atoms with Gasteiger partial charge in [-0.3, -0.25) is 0 Å². The summed E-state index contributed by atoms with van der Waals surface area (Å²) in [5.74, 6) is 0. The van der Waals surface area contributed by atoms with E-state index in [0.29, 0.717) is 66.1 Å². The van der Waals surface area contributed by atoms with Crippen molar-refractivity contribution in [3.05, 3.63) is 0 Å². The van der Waals surface area contributed by atoms with E-state index >= 15 is 0 Å². The Morgan fingerprint density at radius 1 is 0.522 bits per heavy atom. The second-order valence-corrected chi connectivity index (χ2v) is 8.37. The van der Waals surface area contributed by atoms with Gasteiger partial charge in [0.05, 0.1) is 79.3 Å². The smallest absolute Gasteiger partial charge is 0.331 e. The standard InChI is InChI=1S/C14H32O8Si/c1-23(2,21-13-11-19-9-7-17-5-3-15)22-14-12-20-10-8-18-6-4-16/h15-16H,3-14H2,1-2H3. The third-order valence-corrected chi connectivity index (χ3v) is 4.37. The number of ether oxygens (including phenoxy) is 4. The average molecular weight is 356 g/mol. The molecule has 0 saturated carbocycles. The summed E-state index contributed by atoms with van der Waals surface area (Å²) in [6, 6.07) is 0. The molecule has 9 heteroatoms. The maximum atomic E-state index is 8.53. The van der Waals surface area contributed by atoms with Gasteiger partial charge in [0.15, 0.2) is 0 Å². The number of aliphatic hydroxyl groups is 2. The minimum atomic E-state index is -2.15. The summed E-state index contributed by atoms with van der Waals surface area (Å²) in [4.78, 5) is 0. The zero-order chi connectivity index (χ0) is 17.2. The Bertz CT molecular complexity index is 221. The van der Waals surface area contributed by atoms with Gasteiger partial charge in [-0.2, -0.15) is 0 Å². The Balaban J connectivity index is 3.33. The molecule has 0 saturated heterocycles. The molecule has 0 rings (SSSR count). The number of aliphatic hydroxyl groups excluding tert-OH is 2. The highest BCUT2D eigenvalue weighted by Gasteiger charge is 2.24. The molecule has 0 radical (unpaired) electrons. The summed E-state index contributed by atoms with van der Waals surface area (Å²) < 4.78 is 32.3. The van der Waals surface area contributed by atoms with Gasteiger partial charge in [0.2, 0.25) is 0 Å². The fourth-order valence-corrected chi connectivity index (χ4v) is 2.74. The van der Waals surface area contributed by atoms with Crippen molar-refractivity contribution in [2.75, 3.05) is 79.3 Å². The Labute approximate surface area is 139 Å². The second-order valence-electron chi connectivity index (χ2n) is 4.99. The maximum Gasteiger partial charge on any atom is 0.331 e. The molecule has 0 unspecified atom stereocenters. The first-order valence-corrected chi connectivity index (χ1v) is 10.7. The van der Waals surface area contributed by atoms with Gasteiger partial charge < -0.3 is 38.0 Å². The van der Waals surface area contributed by atoms with Crippen LogP contribution in [0.25, 0.3) is 0 Å². The van der Waals surface area contributed by atoms with Crippen LogP contribution < -0.4 is 0 Å². The van der Waals surface area contributed by atoms with Gasteiger partial charge in [-0.1, -0.05) is 0 Å². The third-order valence-electron chi connectivity index (χ3n) is 2.57. The molecule has 0 heterocycles. The van der Waals surface area contributed by atoms with Crippen molar-refractivity contribution in [2.45, 2.75) is 13.1 Å². The maximum absolute atomic E-state index is 8.53. The monoisotopic (exact) mass is 356 g/mol.